The normalized spacial score (nSPS) is 23.9. The van der Waals surface area contributed by atoms with Crippen LogP contribution in [0.1, 0.15) is 25.0 Å². The summed E-state index contributed by atoms with van der Waals surface area (Å²) in [5.74, 6) is 0. The number of nitrogens with one attached hydrogen (secondary N) is 1. The Morgan fingerprint density at radius 3 is 2.79 bits per heavy atom. The molecule has 0 aliphatic heterocycles. The minimum atomic E-state index is -3.42. The number of thioether (sulfide) groups is 1. The quantitative estimate of drug-likeness (QED) is 0.852. The average Bonchev–Trinajstić information content (AvgIpc) is 2.95. The molecule has 0 aromatic carbocycles. The van der Waals surface area contributed by atoms with Crippen molar-refractivity contribution in [1.29, 1.82) is 0 Å². The van der Waals surface area contributed by atoms with Gasteiger partial charge in [-0.3, -0.25) is 0 Å². The third-order valence-electron chi connectivity index (χ3n) is 3.64. The predicted octanol–water partition coefficient (Wildman–Crippen LogP) is 1.05. The molecular formula is C12H21N3O2S2. The van der Waals surface area contributed by atoms with E-state index < -0.39 is 10.0 Å². The summed E-state index contributed by atoms with van der Waals surface area (Å²) in [5.41, 5.74) is 6.38. The van der Waals surface area contributed by atoms with E-state index in [9.17, 15) is 8.42 Å². The van der Waals surface area contributed by atoms with Crippen LogP contribution in [0, 0.1) is 0 Å². The molecule has 7 heteroatoms. The molecule has 1 saturated carbocycles. The lowest BCUT2D eigenvalue weighted by Crippen LogP contribution is -2.33. The minimum absolute atomic E-state index is 0.0592. The van der Waals surface area contributed by atoms with Crippen LogP contribution < -0.4 is 10.5 Å². The molecule has 1 aromatic rings. The summed E-state index contributed by atoms with van der Waals surface area (Å²) in [5, 5.41) is 0.572. The van der Waals surface area contributed by atoms with Gasteiger partial charge in [0.25, 0.3) is 0 Å². The van der Waals surface area contributed by atoms with Gasteiger partial charge in [0.2, 0.25) is 10.0 Å². The molecule has 2 unspecified atom stereocenters. The van der Waals surface area contributed by atoms with Gasteiger partial charge in [0.1, 0.15) is 0 Å². The molecule has 1 fully saturated rings. The summed E-state index contributed by atoms with van der Waals surface area (Å²) in [6, 6.07) is 1.70. The van der Waals surface area contributed by atoms with Crippen molar-refractivity contribution in [3.05, 3.63) is 18.0 Å². The van der Waals surface area contributed by atoms with E-state index in [-0.39, 0.29) is 6.04 Å². The van der Waals surface area contributed by atoms with Gasteiger partial charge in [-0.05, 0) is 31.6 Å². The maximum absolute atomic E-state index is 12.3. The number of hydrogen-bond acceptors (Lipinski definition) is 4. The third kappa shape index (κ3) is 3.34. The number of sulfonamides is 1. The van der Waals surface area contributed by atoms with Crippen molar-refractivity contribution < 1.29 is 8.42 Å². The highest BCUT2D eigenvalue weighted by atomic mass is 32.2. The number of nitrogens with zero attached hydrogens (tertiary/aromatic N) is 1. The largest absolute Gasteiger partial charge is 0.352 e. The van der Waals surface area contributed by atoms with E-state index in [0.29, 0.717) is 16.7 Å². The van der Waals surface area contributed by atoms with Crippen molar-refractivity contribution in [3.8, 4) is 0 Å². The van der Waals surface area contributed by atoms with Gasteiger partial charge in [0, 0.05) is 36.8 Å². The summed E-state index contributed by atoms with van der Waals surface area (Å²) in [7, 11) is -1.62. The summed E-state index contributed by atoms with van der Waals surface area (Å²) < 4.78 is 29.1. The van der Waals surface area contributed by atoms with Crippen molar-refractivity contribution in [1.82, 2.24) is 9.29 Å². The van der Waals surface area contributed by atoms with Crippen LogP contribution in [0.3, 0.4) is 0 Å². The Hall–Kier alpha value is -0.500. The molecule has 1 heterocycles. The van der Waals surface area contributed by atoms with Crippen molar-refractivity contribution in [2.24, 2.45) is 12.8 Å². The molecule has 0 bridgehead atoms. The van der Waals surface area contributed by atoms with Gasteiger partial charge in [-0.2, -0.15) is 11.8 Å². The lowest BCUT2D eigenvalue weighted by atomic mass is 10.3. The summed E-state index contributed by atoms with van der Waals surface area (Å²) in [4.78, 5) is 0.308. The second-order valence-corrected chi connectivity index (χ2v) is 7.82. The maximum Gasteiger partial charge on any atom is 0.242 e. The second kappa shape index (κ2) is 5.87. The van der Waals surface area contributed by atoms with Crippen molar-refractivity contribution in [3.63, 3.8) is 0 Å². The third-order valence-corrected chi connectivity index (χ3v) is 6.22. The van der Waals surface area contributed by atoms with E-state index in [1.54, 1.807) is 23.9 Å². The van der Waals surface area contributed by atoms with Gasteiger partial charge in [-0.1, -0.05) is 0 Å². The van der Waals surface area contributed by atoms with Crippen molar-refractivity contribution >= 4 is 21.8 Å². The first-order chi connectivity index (χ1) is 8.96. The highest BCUT2D eigenvalue weighted by Gasteiger charge is 2.28. The van der Waals surface area contributed by atoms with Crippen molar-refractivity contribution in [2.45, 2.75) is 42.0 Å². The Balaban J connectivity index is 2.10. The van der Waals surface area contributed by atoms with E-state index in [1.165, 1.54) is 0 Å². The molecule has 1 aliphatic carbocycles. The molecular weight excluding hydrogens is 282 g/mol. The van der Waals surface area contributed by atoms with Crippen LogP contribution in [-0.2, 0) is 23.6 Å². The standard InChI is InChI=1S/C12H21N3O2S2/c1-15-8-12(6-10(15)7-13)19(16,17)14-9-3-4-11(5-9)18-2/h6,8-9,11,14H,3-5,7,13H2,1-2H3. The second-order valence-electron chi connectivity index (χ2n) is 4.97. The van der Waals surface area contributed by atoms with Crippen LogP contribution in [0.2, 0.25) is 0 Å². The van der Waals surface area contributed by atoms with Gasteiger partial charge in [-0.25, -0.2) is 13.1 Å². The molecule has 0 saturated heterocycles. The Kier molecular flexibility index (Phi) is 4.60. The first-order valence-corrected chi connectivity index (χ1v) is 9.14. The highest BCUT2D eigenvalue weighted by Crippen LogP contribution is 2.29. The van der Waals surface area contributed by atoms with Gasteiger partial charge >= 0.3 is 0 Å². The smallest absolute Gasteiger partial charge is 0.242 e. The van der Waals surface area contributed by atoms with Crippen LogP contribution in [-0.4, -0.2) is 30.5 Å². The number of aryl methyl sites for hydroxylation is 1. The van der Waals surface area contributed by atoms with Crippen LogP contribution >= 0.6 is 11.8 Å². The molecule has 2 rings (SSSR count). The molecule has 0 amide bonds. The predicted molar refractivity (Wildman–Crippen MR) is 78.6 cm³/mol. The molecule has 0 spiro atoms. The Bertz CT molecular complexity index is 539. The van der Waals surface area contributed by atoms with Gasteiger partial charge in [-0.15, -0.1) is 0 Å². The van der Waals surface area contributed by atoms with E-state index in [0.717, 1.165) is 25.0 Å². The Labute approximate surface area is 119 Å². The lowest BCUT2D eigenvalue weighted by molar-refractivity contribution is 0.552. The van der Waals surface area contributed by atoms with E-state index in [4.69, 9.17) is 5.73 Å². The monoisotopic (exact) mass is 303 g/mol. The average molecular weight is 303 g/mol. The van der Waals surface area contributed by atoms with Crippen LogP contribution in [0.15, 0.2) is 17.2 Å². The zero-order chi connectivity index (χ0) is 14.0. The molecule has 0 radical (unpaired) electrons. The topological polar surface area (TPSA) is 77.1 Å². The SMILES string of the molecule is CSC1CCC(NS(=O)(=O)c2cc(CN)n(C)c2)C1. The van der Waals surface area contributed by atoms with Crippen molar-refractivity contribution in [2.75, 3.05) is 6.26 Å². The van der Waals surface area contributed by atoms with Gasteiger partial charge in [0.05, 0.1) is 4.90 Å². The van der Waals surface area contributed by atoms with Crippen LogP contribution in [0.5, 0.6) is 0 Å². The fourth-order valence-electron chi connectivity index (χ4n) is 2.48. The first kappa shape index (κ1) is 14.9. The van der Waals surface area contributed by atoms with Crippen LogP contribution in [0.25, 0.3) is 0 Å². The molecule has 1 aromatic heterocycles. The highest BCUT2D eigenvalue weighted by molar-refractivity contribution is 7.99. The fourth-order valence-corrected chi connectivity index (χ4v) is 4.65. The fraction of sp³-hybridized carbons (Fsp3) is 0.667. The Morgan fingerprint density at radius 2 is 2.26 bits per heavy atom. The lowest BCUT2D eigenvalue weighted by Gasteiger charge is -2.12. The maximum atomic E-state index is 12.3. The number of rotatable bonds is 5. The number of aromatic nitrogens is 1. The van der Waals surface area contributed by atoms with E-state index >= 15 is 0 Å². The number of hydrogen-bond donors (Lipinski definition) is 2. The molecule has 3 N–H and O–H groups in total. The summed E-state index contributed by atoms with van der Waals surface area (Å²) in [6.45, 7) is 0.337. The molecule has 19 heavy (non-hydrogen) atoms. The molecule has 108 valence electrons. The zero-order valence-corrected chi connectivity index (χ0v) is 12.9. The summed E-state index contributed by atoms with van der Waals surface area (Å²) in [6.07, 6.45) is 6.60. The molecule has 1 aliphatic rings. The molecule has 5 nitrogen and oxygen atoms in total. The number of nitrogens with two attached hydrogens (primary N) is 1. The Morgan fingerprint density at radius 1 is 1.53 bits per heavy atom. The van der Waals surface area contributed by atoms with Gasteiger partial charge in [0.15, 0.2) is 0 Å². The van der Waals surface area contributed by atoms with E-state index in [1.807, 2.05) is 11.8 Å². The zero-order valence-electron chi connectivity index (χ0n) is 11.3. The van der Waals surface area contributed by atoms with Crippen LogP contribution in [0.4, 0.5) is 0 Å². The van der Waals surface area contributed by atoms with E-state index in [2.05, 4.69) is 11.0 Å². The molecule has 2 atom stereocenters. The first-order valence-electron chi connectivity index (χ1n) is 6.36. The summed E-state index contributed by atoms with van der Waals surface area (Å²) >= 11 is 1.81. The van der Waals surface area contributed by atoms with Gasteiger partial charge < -0.3 is 10.3 Å². The minimum Gasteiger partial charge on any atom is -0.352 e.